The molecular formula is C15H10. The Kier molecular flexibility index (Phi) is 1.92. The van der Waals surface area contributed by atoms with E-state index in [1.54, 1.807) is 0 Å². The fourth-order valence-corrected chi connectivity index (χ4v) is 1.95. The molecule has 0 saturated carbocycles. The number of hydrogen-bond acceptors (Lipinski definition) is 0. The normalized spacial score (nSPS) is 12.8. The standard InChI is InChI=1S/C15H10/c1-2-6-12(7-3-1)14-10-4-8-13-9-5-11-15(13)14/h1-8,10-11H. The van der Waals surface area contributed by atoms with E-state index in [2.05, 4.69) is 55.0 Å². The van der Waals surface area contributed by atoms with Crippen molar-refractivity contribution in [2.75, 3.05) is 0 Å². The molecule has 0 aliphatic heterocycles. The van der Waals surface area contributed by atoms with Gasteiger partial charge in [0.1, 0.15) is 0 Å². The predicted octanol–water partition coefficient (Wildman–Crippen LogP) is 3.81. The summed E-state index contributed by atoms with van der Waals surface area (Å²) in [5.74, 6) is 0. The summed E-state index contributed by atoms with van der Waals surface area (Å²) in [7, 11) is 0. The van der Waals surface area contributed by atoms with E-state index in [9.17, 15) is 0 Å². The van der Waals surface area contributed by atoms with Gasteiger partial charge in [0, 0.05) is 6.42 Å². The van der Waals surface area contributed by atoms with E-state index in [1.807, 2.05) is 12.1 Å². The second-order valence-electron chi connectivity index (χ2n) is 3.61. The van der Waals surface area contributed by atoms with Crippen molar-refractivity contribution in [1.29, 1.82) is 0 Å². The summed E-state index contributed by atoms with van der Waals surface area (Å²) in [5.41, 5.74) is 5.03. The molecular weight excluding hydrogens is 180 g/mol. The molecule has 0 bridgehead atoms. The van der Waals surface area contributed by atoms with Crippen LogP contribution in [0.25, 0.3) is 17.2 Å². The van der Waals surface area contributed by atoms with Crippen molar-refractivity contribution in [3.63, 3.8) is 0 Å². The first-order valence-corrected chi connectivity index (χ1v) is 5.07. The highest BCUT2D eigenvalue weighted by Gasteiger charge is 2.10. The lowest BCUT2D eigenvalue weighted by Gasteiger charge is -2.07. The highest BCUT2D eigenvalue weighted by Crippen LogP contribution is 2.31. The topological polar surface area (TPSA) is 0 Å². The van der Waals surface area contributed by atoms with E-state index in [-0.39, 0.29) is 0 Å². The highest BCUT2D eigenvalue weighted by molar-refractivity contribution is 5.81. The van der Waals surface area contributed by atoms with E-state index in [0.29, 0.717) is 0 Å². The van der Waals surface area contributed by atoms with Gasteiger partial charge in [-0.05, 0) is 22.3 Å². The second kappa shape index (κ2) is 3.39. The Balaban J connectivity index is 2.21. The molecule has 2 radical (unpaired) electrons. The third-order valence-electron chi connectivity index (χ3n) is 2.68. The van der Waals surface area contributed by atoms with Crippen LogP contribution in [0, 0.1) is 6.42 Å². The Labute approximate surface area is 89.9 Å². The minimum absolute atomic E-state index is 1.19. The van der Waals surface area contributed by atoms with E-state index >= 15 is 0 Å². The van der Waals surface area contributed by atoms with Gasteiger partial charge in [-0.25, -0.2) is 0 Å². The van der Waals surface area contributed by atoms with Crippen LogP contribution >= 0.6 is 0 Å². The van der Waals surface area contributed by atoms with Crippen molar-refractivity contribution in [1.82, 2.24) is 0 Å². The molecule has 1 aliphatic carbocycles. The molecule has 0 unspecified atom stereocenters. The first-order valence-electron chi connectivity index (χ1n) is 5.07. The largest absolute Gasteiger partial charge is 0.0708 e. The molecule has 15 heavy (non-hydrogen) atoms. The average Bonchev–Trinajstić information content (AvgIpc) is 2.78. The molecule has 2 aromatic carbocycles. The molecule has 0 heterocycles. The van der Waals surface area contributed by atoms with Gasteiger partial charge in [-0.3, -0.25) is 0 Å². The molecule has 0 atom stereocenters. The van der Waals surface area contributed by atoms with Gasteiger partial charge in [0.15, 0.2) is 0 Å². The minimum Gasteiger partial charge on any atom is -0.0708 e. The van der Waals surface area contributed by atoms with Gasteiger partial charge in [-0.1, -0.05) is 60.7 Å². The van der Waals surface area contributed by atoms with Gasteiger partial charge in [-0.2, -0.15) is 0 Å². The summed E-state index contributed by atoms with van der Waals surface area (Å²) in [6.07, 6.45) is 7.34. The number of rotatable bonds is 1. The fraction of sp³-hybridized carbons (Fsp3) is 0. The van der Waals surface area contributed by atoms with Crippen molar-refractivity contribution in [3.8, 4) is 11.1 Å². The van der Waals surface area contributed by atoms with Crippen LogP contribution in [0.2, 0.25) is 0 Å². The first kappa shape index (κ1) is 8.49. The number of allylic oxidation sites excluding steroid dienone is 1. The number of benzene rings is 2. The van der Waals surface area contributed by atoms with Gasteiger partial charge in [0.25, 0.3) is 0 Å². The van der Waals surface area contributed by atoms with Crippen molar-refractivity contribution >= 4 is 6.08 Å². The SMILES string of the molecule is [C]1C=Cc2c1cccc2-c1ccccc1. The highest BCUT2D eigenvalue weighted by atomic mass is 14.1. The summed E-state index contributed by atoms with van der Waals surface area (Å²) >= 11 is 0. The zero-order valence-electron chi connectivity index (χ0n) is 8.27. The van der Waals surface area contributed by atoms with Crippen LogP contribution in [0.3, 0.4) is 0 Å². The van der Waals surface area contributed by atoms with Crippen LogP contribution in [-0.4, -0.2) is 0 Å². The molecule has 70 valence electrons. The van der Waals surface area contributed by atoms with Crippen molar-refractivity contribution in [3.05, 3.63) is 72.2 Å². The monoisotopic (exact) mass is 190 g/mol. The zero-order valence-corrected chi connectivity index (χ0v) is 8.27. The molecule has 0 fully saturated rings. The quantitative estimate of drug-likeness (QED) is 0.641. The van der Waals surface area contributed by atoms with Crippen LogP contribution in [-0.2, 0) is 0 Å². The Hall–Kier alpha value is -1.82. The number of fused-ring (bicyclic) bond motifs is 1. The maximum Gasteiger partial charge on any atom is 0.0429 e. The summed E-state index contributed by atoms with van der Waals surface area (Å²) in [6.45, 7) is 0. The summed E-state index contributed by atoms with van der Waals surface area (Å²) in [5, 5.41) is 0. The van der Waals surface area contributed by atoms with Gasteiger partial charge < -0.3 is 0 Å². The van der Waals surface area contributed by atoms with E-state index in [1.165, 1.54) is 22.3 Å². The molecule has 0 saturated heterocycles. The molecule has 0 spiro atoms. The van der Waals surface area contributed by atoms with Crippen LogP contribution in [0.4, 0.5) is 0 Å². The van der Waals surface area contributed by atoms with Crippen LogP contribution in [0.1, 0.15) is 11.1 Å². The predicted molar refractivity (Wildman–Crippen MR) is 63.3 cm³/mol. The fourth-order valence-electron chi connectivity index (χ4n) is 1.95. The smallest absolute Gasteiger partial charge is 0.0429 e. The summed E-state index contributed by atoms with van der Waals surface area (Å²) in [4.78, 5) is 0. The molecule has 1 aliphatic rings. The van der Waals surface area contributed by atoms with E-state index in [4.69, 9.17) is 0 Å². The third kappa shape index (κ3) is 1.39. The van der Waals surface area contributed by atoms with Crippen LogP contribution in [0.5, 0.6) is 0 Å². The van der Waals surface area contributed by atoms with Crippen LogP contribution < -0.4 is 0 Å². The van der Waals surface area contributed by atoms with Crippen molar-refractivity contribution in [2.45, 2.75) is 0 Å². The van der Waals surface area contributed by atoms with Crippen molar-refractivity contribution < 1.29 is 0 Å². The third-order valence-corrected chi connectivity index (χ3v) is 2.68. The Morgan fingerprint density at radius 2 is 1.67 bits per heavy atom. The van der Waals surface area contributed by atoms with Gasteiger partial charge >= 0.3 is 0 Å². The van der Waals surface area contributed by atoms with Gasteiger partial charge in [0.2, 0.25) is 0 Å². The molecule has 0 amide bonds. The Morgan fingerprint density at radius 1 is 0.800 bits per heavy atom. The Bertz CT molecular complexity index is 507. The lowest BCUT2D eigenvalue weighted by molar-refractivity contribution is 1.52. The molecule has 2 aromatic rings. The lowest BCUT2D eigenvalue weighted by Crippen LogP contribution is -1.85. The Morgan fingerprint density at radius 3 is 2.53 bits per heavy atom. The maximum absolute atomic E-state index is 3.23. The summed E-state index contributed by atoms with van der Waals surface area (Å²) in [6, 6.07) is 16.8. The molecule has 0 nitrogen and oxygen atoms in total. The van der Waals surface area contributed by atoms with E-state index in [0.717, 1.165) is 0 Å². The number of hydrogen-bond donors (Lipinski definition) is 0. The van der Waals surface area contributed by atoms with Gasteiger partial charge in [-0.15, -0.1) is 0 Å². The summed E-state index contributed by atoms with van der Waals surface area (Å²) < 4.78 is 0. The molecule has 0 heteroatoms. The minimum atomic E-state index is 1.19. The van der Waals surface area contributed by atoms with Gasteiger partial charge in [0.05, 0.1) is 0 Å². The van der Waals surface area contributed by atoms with Crippen molar-refractivity contribution in [2.24, 2.45) is 0 Å². The second-order valence-corrected chi connectivity index (χ2v) is 3.61. The zero-order chi connectivity index (χ0) is 10.1. The molecule has 0 N–H and O–H groups in total. The maximum atomic E-state index is 3.23. The molecule has 3 rings (SSSR count). The first-order chi connectivity index (χ1) is 7.45. The van der Waals surface area contributed by atoms with E-state index < -0.39 is 0 Å². The van der Waals surface area contributed by atoms with Crippen LogP contribution in [0.15, 0.2) is 54.6 Å². The lowest BCUT2D eigenvalue weighted by atomic mass is 9.97. The average molecular weight is 190 g/mol. The molecule has 0 aromatic heterocycles.